The van der Waals surface area contributed by atoms with E-state index in [4.69, 9.17) is 0 Å². The molecule has 1 aromatic rings. The maximum atomic E-state index is 12.1. The van der Waals surface area contributed by atoms with Crippen molar-refractivity contribution in [2.75, 3.05) is 18.6 Å². The smallest absolute Gasteiger partial charge is 0.271 e. The summed E-state index contributed by atoms with van der Waals surface area (Å²) in [5, 5.41) is 6.49. The van der Waals surface area contributed by atoms with Crippen molar-refractivity contribution in [1.29, 1.82) is 0 Å². The lowest BCUT2D eigenvalue weighted by Gasteiger charge is -2.30. The average Bonchev–Trinajstić information content (AvgIpc) is 2.48. The van der Waals surface area contributed by atoms with Gasteiger partial charge in [-0.1, -0.05) is 12.8 Å². The molecule has 1 aromatic heterocycles. The van der Waals surface area contributed by atoms with Gasteiger partial charge in [-0.25, -0.2) is 9.97 Å². The van der Waals surface area contributed by atoms with Crippen LogP contribution in [0.1, 0.15) is 36.2 Å². The van der Waals surface area contributed by atoms with Gasteiger partial charge in [0.2, 0.25) is 0 Å². The van der Waals surface area contributed by atoms with E-state index in [0.717, 1.165) is 6.42 Å². The van der Waals surface area contributed by atoms with Gasteiger partial charge in [-0.2, -0.15) is 11.8 Å². The number of rotatable bonds is 4. The van der Waals surface area contributed by atoms with Crippen LogP contribution in [0.5, 0.6) is 0 Å². The van der Waals surface area contributed by atoms with Crippen LogP contribution >= 0.6 is 11.8 Å². The fourth-order valence-electron chi connectivity index (χ4n) is 2.36. The van der Waals surface area contributed by atoms with Gasteiger partial charge < -0.3 is 10.6 Å². The van der Waals surface area contributed by atoms with Crippen LogP contribution in [-0.4, -0.2) is 40.5 Å². The lowest BCUT2D eigenvalue weighted by atomic mass is 9.95. The number of anilines is 1. The van der Waals surface area contributed by atoms with Crippen molar-refractivity contribution in [3.63, 3.8) is 0 Å². The number of carbonyl (C=O) groups is 1. The van der Waals surface area contributed by atoms with Crippen LogP contribution in [0.2, 0.25) is 0 Å². The number of aromatic nitrogens is 2. The van der Waals surface area contributed by atoms with E-state index in [0.29, 0.717) is 16.8 Å². The highest BCUT2D eigenvalue weighted by Gasteiger charge is 2.26. The minimum absolute atomic E-state index is 0.124. The van der Waals surface area contributed by atoms with E-state index in [1.54, 1.807) is 13.2 Å². The molecular weight excluding hydrogens is 260 g/mol. The molecule has 2 atom stereocenters. The molecule has 5 nitrogen and oxygen atoms in total. The summed E-state index contributed by atoms with van der Waals surface area (Å²) in [6.45, 7) is 0. The Bertz CT molecular complexity index is 423. The molecule has 2 rings (SSSR count). The summed E-state index contributed by atoms with van der Waals surface area (Å²) < 4.78 is 0. The van der Waals surface area contributed by atoms with E-state index in [-0.39, 0.29) is 11.9 Å². The van der Waals surface area contributed by atoms with Crippen LogP contribution in [0.15, 0.2) is 12.4 Å². The fourth-order valence-corrected chi connectivity index (χ4v) is 3.30. The second-order valence-electron chi connectivity index (χ2n) is 4.68. The quantitative estimate of drug-likeness (QED) is 0.882. The molecule has 1 heterocycles. The molecule has 19 heavy (non-hydrogen) atoms. The minimum Gasteiger partial charge on any atom is -0.372 e. The van der Waals surface area contributed by atoms with Crippen LogP contribution in [-0.2, 0) is 0 Å². The van der Waals surface area contributed by atoms with Crippen LogP contribution in [0.3, 0.4) is 0 Å². The average molecular weight is 280 g/mol. The van der Waals surface area contributed by atoms with Gasteiger partial charge in [-0.15, -0.1) is 0 Å². The fraction of sp³-hybridized carbons (Fsp3) is 0.615. The number of carbonyl (C=O) groups excluding carboxylic acids is 1. The Hall–Kier alpha value is -1.30. The van der Waals surface area contributed by atoms with Gasteiger partial charge >= 0.3 is 0 Å². The Morgan fingerprint density at radius 1 is 1.32 bits per heavy atom. The van der Waals surface area contributed by atoms with Gasteiger partial charge in [0.15, 0.2) is 0 Å². The Kier molecular flexibility index (Phi) is 5.01. The molecule has 1 fully saturated rings. The summed E-state index contributed by atoms with van der Waals surface area (Å²) in [5.74, 6) is 0.539. The second-order valence-corrected chi connectivity index (χ2v) is 5.75. The Morgan fingerprint density at radius 3 is 2.74 bits per heavy atom. The molecule has 6 heteroatoms. The van der Waals surface area contributed by atoms with Crippen LogP contribution in [0.4, 0.5) is 5.82 Å². The summed E-state index contributed by atoms with van der Waals surface area (Å²) >= 11 is 1.84. The summed E-state index contributed by atoms with van der Waals surface area (Å²) in [5.41, 5.74) is 0.379. The van der Waals surface area contributed by atoms with E-state index in [2.05, 4.69) is 26.9 Å². The summed E-state index contributed by atoms with van der Waals surface area (Å²) in [6, 6.07) is 0.252. The molecule has 0 bridgehead atoms. The molecule has 0 spiro atoms. The highest BCUT2D eigenvalue weighted by molar-refractivity contribution is 7.99. The molecule has 0 aromatic carbocycles. The normalized spacial score (nSPS) is 22.8. The van der Waals surface area contributed by atoms with Crippen LogP contribution in [0.25, 0.3) is 0 Å². The number of hydrogen-bond donors (Lipinski definition) is 2. The summed E-state index contributed by atoms with van der Waals surface area (Å²) in [4.78, 5) is 20.4. The predicted molar refractivity (Wildman–Crippen MR) is 78.6 cm³/mol. The zero-order valence-electron chi connectivity index (χ0n) is 11.3. The van der Waals surface area contributed by atoms with E-state index in [9.17, 15) is 4.79 Å². The third-order valence-corrected chi connectivity index (χ3v) is 4.63. The van der Waals surface area contributed by atoms with Crippen molar-refractivity contribution in [2.24, 2.45) is 0 Å². The highest BCUT2D eigenvalue weighted by Crippen LogP contribution is 2.27. The maximum absolute atomic E-state index is 12.1. The molecule has 2 unspecified atom stereocenters. The monoisotopic (exact) mass is 280 g/mol. The van der Waals surface area contributed by atoms with Crippen molar-refractivity contribution in [1.82, 2.24) is 15.3 Å². The maximum Gasteiger partial charge on any atom is 0.271 e. The molecule has 0 saturated heterocycles. The van der Waals surface area contributed by atoms with Crippen molar-refractivity contribution < 1.29 is 4.79 Å². The van der Waals surface area contributed by atoms with Gasteiger partial charge in [-0.05, 0) is 19.1 Å². The van der Waals surface area contributed by atoms with E-state index in [1.807, 2.05) is 11.8 Å². The van der Waals surface area contributed by atoms with E-state index < -0.39 is 0 Å². The number of nitrogens with one attached hydrogen (secondary N) is 2. The number of amides is 1. The van der Waals surface area contributed by atoms with Gasteiger partial charge in [0.1, 0.15) is 11.5 Å². The minimum atomic E-state index is -0.124. The first kappa shape index (κ1) is 14.1. The van der Waals surface area contributed by atoms with Gasteiger partial charge in [0, 0.05) is 18.3 Å². The van der Waals surface area contributed by atoms with Crippen molar-refractivity contribution in [3.05, 3.63) is 18.1 Å². The first-order valence-electron chi connectivity index (χ1n) is 6.58. The third-order valence-electron chi connectivity index (χ3n) is 3.46. The van der Waals surface area contributed by atoms with Crippen molar-refractivity contribution in [2.45, 2.75) is 37.0 Å². The molecule has 1 aliphatic rings. The predicted octanol–water partition coefficient (Wildman–Crippen LogP) is 1.92. The number of thioether (sulfide) groups is 1. The Labute approximate surface area is 118 Å². The van der Waals surface area contributed by atoms with Gasteiger partial charge in [0.25, 0.3) is 5.91 Å². The summed E-state index contributed by atoms with van der Waals surface area (Å²) in [6.07, 6.45) is 9.87. The first-order chi connectivity index (χ1) is 9.24. The van der Waals surface area contributed by atoms with E-state index in [1.165, 1.54) is 25.5 Å². The molecule has 0 aliphatic heterocycles. The SMILES string of the molecule is CNc1cnc(C(=O)NC2CCCCC2SC)cn1. The van der Waals surface area contributed by atoms with Crippen molar-refractivity contribution >= 4 is 23.5 Å². The standard InChI is InChI=1S/C13H20N4OS/c1-14-12-8-15-10(7-16-12)13(18)17-9-5-3-4-6-11(9)19-2/h7-9,11H,3-6H2,1-2H3,(H,14,16)(H,17,18). The molecule has 1 saturated carbocycles. The largest absolute Gasteiger partial charge is 0.372 e. The van der Waals surface area contributed by atoms with Gasteiger partial charge in [0.05, 0.1) is 12.4 Å². The molecule has 1 amide bonds. The number of nitrogens with zero attached hydrogens (tertiary/aromatic N) is 2. The van der Waals surface area contributed by atoms with Crippen LogP contribution in [0, 0.1) is 0 Å². The third kappa shape index (κ3) is 3.59. The zero-order chi connectivity index (χ0) is 13.7. The zero-order valence-corrected chi connectivity index (χ0v) is 12.2. The molecule has 2 N–H and O–H groups in total. The second kappa shape index (κ2) is 6.75. The lowest BCUT2D eigenvalue weighted by molar-refractivity contribution is 0.0924. The lowest BCUT2D eigenvalue weighted by Crippen LogP contribution is -2.43. The summed E-state index contributed by atoms with van der Waals surface area (Å²) in [7, 11) is 1.77. The topological polar surface area (TPSA) is 66.9 Å². The van der Waals surface area contributed by atoms with E-state index >= 15 is 0 Å². The number of hydrogen-bond acceptors (Lipinski definition) is 5. The molecule has 1 aliphatic carbocycles. The Morgan fingerprint density at radius 2 is 2.11 bits per heavy atom. The molecular formula is C13H20N4OS. The highest BCUT2D eigenvalue weighted by atomic mass is 32.2. The molecule has 104 valence electrons. The van der Waals surface area contributed by atoms with Crippen LogP contribution < -0.4 is 10.6 Å². The molecule has 0 radical (unpaired) electrons. The Balaban J connectivity index is 1.98. The van der Waals surface area contributed by atoms with Crippen molar-refractivity contribution in [3.8, 4) is 0 Å². The van der Waals surface area contributed by atoms with Gasteiger partial charge in [-0.3, -0.25) is 4.79 Å². The first-order valence-corrected chi connectivity index (χ1v) is 7.87.